The molecule has 0 bridgehead atoms. The first-order chi connectivity index (χ1) is 13.6. The zero-order chi connectivity index (χ0) is 19.9. The molecule has 0 unspecified atom stereocenters. The van der Waals surface area contributed by atoms with Gasteiger partial charge in [0.15, 0.2) is 5.16 Å². The molecule has 0 saturated heterocycles. The molecule has 1 N–H and O–H groups in total. The van der Waals surface area contributed by atoms with Crippen LogP contribution >= 0.6 is 46.6 Å². The number of hydrogen-bond donors (Lipinski definition) is 1. The summed E-state index contributed by atoms with van der Waals surface area (Å²) in [5.74, 6) is 0.774. The quantitative estimate of drug-likeness (QED) is 0.181. The summed E-state index contributed by atoms with van der Waals surface area (Å²) in [6.07, 6.45) is 5.33. The second kappa shape index (κ2) is 10.0. The maximum atomic E-state index is 6.18. The van der Waals surface area contributed by atoms with E-state index in [-0.39, 0.29) is 0 Å². The Balaban J connectivity index is 1.84. The molecule has 4 nitrogen and oxygen atoms in total. The number of hydrazone groups is 1. The third kappa shape index (κ3) is 5.32. The van der Waals surface area contributed by atoms with Crippen LogP contribution in [0, 0.1) is 0 Å². The average molecular weight is 452 g/mol. The van der Waals surface area contributed by atoms with Crippen LogP contribution in [0.4, 0.5) is 5.69 Å². The van der Waals surface area contributed by atoms with E-state index in [9.17, 15) is 0 Å². The number of nitrogens with zero attached hydrogens (tertiary/aromatic N) is 3. The van der Waals surface area contributed by atoms with Crippen molar-refractivity contribution in [3.05, 3.63) is 87.6 Å². The van der Waals surface area contributed by atoms with Crippen molar-refractivity contribution < 1.29 is 0 Å². The summed E-state index contributed by atoms with van der Waals surface area (Å²) in [5.41, 5.74) is 5.41. The molecule has 0 fully saturated rings. The van der Waals surface area contributed by atoms with Gasteiger partial charge in [-0.15, -0.1) is 6.58 Å². The highest BCUT2D eigenvalue weighted by Gasteiger charge is 2.10. The summed E-state index contributed by atoms with van der Waals surface area (Å²) in [6, 6.07) is 13.4. The van der Waals surface area contributed by atoms with Gasteiger partial charge in [0.25, 0.3) is 0 Å². The van der Waals surface area contributed by atoms with E-state index in [1.807, 2.05) is 24.3 Å². The lowest BCUT2D eigenvalue weighted by Crippen LogP contribution is -2.06. The molecule has 0 aliphatic rings. The molecule has 0 spiro atoms. The number of hydrogen-bond acceptors (Lipinski definition) is 4. The maximum absolute atomic E-state index is 6.18. The average Bonchev–Trinajstić information content (AvgIpc) is 3.04. The van der Waals surface area contributed by atoms with E-state index in [1.54, 1.807) is 36.3 Å². The molecular weight excluding hydrogens is 435 g/mol. The Bertz CT molecular complexity index is 963. The number of rotatable bonds is 8. The van der Waals surface area contributed by atoms with E-state index >= 15 is 0 Å². The molecule has 0 atom stereocenters. The first-order valence-electron chi connectivity index (χ1n) is 8.35. The number of halogens is 3. The van der Waals surface area contributed by atoms with Crippen LogP contribution in [-0.2, 0) is 6.54 Å². The Morgan fingerprint density at radius 1 is 1.14 bits per heavy atom. The first kappa shape index (κ1) is 20.8. The molecule has 3 rings (SSSR count). The monoisotopic (exact) mass is 450 g/mol. The molecular formula is C20H17Cl3N4S. The normalized spacial score (nSPS) is 11.1. The minimum absolute atomic E-state index is 0.398. The van der Waals surface area contributed by atoms with Crippen LogP contribution in [0.2, 0.25) is 15.1 Å². The standard InChI is InChI=1S/C20H17Cl3N4S/c1-2-8-28-20-24-11-16(27(20)13-14-6-4-3-5-7-14)12-25-26-19-17(22)9-15(21)10-18(19)23/h2-7,9-12,26H,1,8,13H2. The van der Waals surface area contributed by atoms with Crippen LogP contribution < -0.4 is 5.43 Å². The lowest BCUT2D eigenvalue weighted by molar-refractivity contribution is 0.705. The molecule has 2 aromatic carbocycles. The van der Waals surface area contributed by atoms with Crippen LogP contribution in [0.15, 0.2) is 71.6 Å². The Hall–Kier alpha value is -1.92. The van der Waals surface area contributed by atoms with Crippen LogP contribution in [0.5, 0.6) is 0 Å². The number of imidazole rings is 1. The van der Waals surface area contributed by atoms with Crippen molar-refractivity contribution >= 4 is 58.5 Å². The second-order valence-electron chi connectivity index (χ2n) is 5.75. The Morgan fingerprint density at radius 2 is 1.86 bits per heavy atom. The van der Waals surface area contributed by atoms with E-state index in [4.69, 9.17) is 34.8 Å². The molecule has 0 amide bonds. The summed E-state index contributed by atoms with van der Waals surface area (Å²) in [7, 11) is 0. The zero-order valence-electron chi connectivity index (χ0n) is 14.8. The van der Waals surface area contributed by atoms with Crippen molar-refractivity contribution in [3.63, 3.8) is 0 Å². The molecule has 0 aliphatic carbocycles. The zero-order valence-corrected chi connectivity index (χ0v) is 17.9. The minimum Gasteiger partial charge on any atom is -0.314 e. The van der Waals surface area contributed by atoms with Crippen molar-refractivity contribution in [1.29, 1.82) is 0 Å². The van der Waals surface area contributed by atoms with Crippen LogP contribution in [-0.4, -0.2) is 21.5 Å². The molecule has 0 saturated carbocycles. The Kier molecular flexibility index (Phi) is 7.45. The van der Waals surface area contributed by atoms with Crippen LogP contribution in [0.1, 0.15) is 11.3 Å². The Morgan fingerprint density at radius 3 is 2.54 bits per heavy atom. The second-order valence-corrected chi connectivity index (χ2v) is 7.99. The third-order valence-electron chi connectivity index (χ3n) is 3.74. The van der Waals surface area contributed by atoms with E-state index in [0.717, 1.165) is 16.6 Å². The van der Waals surface area contributed by atoms with Gasteiger partial charge in [0, 0.05) is 10.8 Å². The molecule has 8 heteroatoms. The number of benzene rings is 2. The summed E-state index contributed by atoms with van der Waals surface area (Å²) >= 11 is 19.9. The van der Waals surface area contributed by atoms with Gasteiger partial charge in [-0.2, -0.15) is 5.10 Å². The summed E-state index contributed by atoms with van der Waals surface area (Å²) in [6.45, 7) is 4.46. The summed E-state index contributed by atoms with van der Waals surface area (Å²) < 4.78 is 2.10. The fourth-order valence-corrected chi connectivity index (χ4v) is 4.08. The fourth-order valence-electron chi connectivity index (χ4n) is 2.46. The summed E-state index contributed by atoms with van der Waals surface area (Å²) in [4.78, 5) is 4.51. The van der Waals surface area contributed by atoms with Gasteiger partial charge in [0.05, 0.1) is 40.4 Å². The van der Waals surface area contributed by atoms with Crippen molar-refractivity contribution in [1.82, 2.24) is 9.55 Å². The number of anilines is 1. The van der Waals surface area contributed by atoms with Crippen molar-refractivity contribution in [2.75, 3.05) is 11.2 Å². The van der Waals surface area contributed by atoms with Gasteiger partial charge in [0.2, 0.25) is 0 Å². The highest BCUT2D eigenvalue weighted by atomic mass is 35.5. The molecule has 0 aliphatic heterocycles. The van der Waals surface area contributed by atoms with Gasteiger partial charge in [-0.1, -0.05) is 83.0 Å². The predicted molar refractivity (Wildman–Crippen MR) is 121 cm³/mol. The van der Waals surface area contributed by atoms with E-state index in [1.165, 1.54) is 5.56 Å². The topological polar surface area (TPSA) is 42.2 Å². The number of thioether (sulfide) groups is 1. The van der Waals surface area contributed by atoms with Gasteiger partial charge in [-0.25, -0.2) is 4.98 Å². The van der Waals surface area contributed by atoms with Gasteiger partial charge in [0.1, 0.15) is 0 Å². The van der Waals surface area contributed by atoms with Gasteiger partial charge >= 0.3 is 0 Å². The lowest BCUT2D eigenvalue weighted by Gasteiger charge is -2.10. The van der Waals surface area contributed by atoms with Crippen molar-refractivity contribution in [2.45, 2.75) is 11.7 Å². The van der Waals surface area contributed by atoms with E-state index in [2.05, 4.69) is 38.8 Å². The van der Waals surface area contributed by atoms with Crippen molar-refractivity contribution in [3.8, 4) is 0 Å². The maximum Gasteiger partial charge on any atom is 0.169 e. The van der Waals surface area contributed by atoms with Crippen molar-refractivity contribution in [2.24, 2.45) is 5.10 Å². The molecule has 1 heterocycles. The fraction of sp³-hybridized carbons (Fsp3) is 0.100. The van der Waals surface area contributed by atoms with Crippen LogP contribution in [0.3, 0.4) is 0 Å². The van der Waals surface area contributed by atoms with E-state index in [0.29, 0.717) is 27.3 Å². The molecule has 144 valence electrons. The molecule has 28 heavy (non-hydrogen) atoms. The van der Waals surface area contributed by atoms with Gasteiger partial charge in [-0.05, 0) is 17.7 Å². The SMILES string of the molecule is C=CCSc1ncc(C=NNc2c(Cl)cc(Cl)cc2Cl)n1Cc1ccccc1. The van der Waals surface area contributed by atoms with E-state index < -0.39 is 0 Å². The van der Waals surface area contributed by atoms with Gasteiger partial charge < -0.3 is 4.57 Å². The Labute approximate surface area is 183 Å². The highest BCUT2D eigenvalue weighted by Crippen LogP contribution is 2.33. The minimum atomic E-state index is 0.398. The molecule has 3 aromatic rings. The van der Waals surface area contributed by atoms with Crippen LogP contribution in [0.25, 0.3) is 0 Å². The molecule has 0 radical (unpaired) electrons. The third-order valence-corrected chi connectivity index (χ3v) is 5.54. The van der Waals surface area contributed by atoms with Gasteiger partial charge in [-0.3, -0.25) is 5.43 Å². The lowest BCUT2D eigenvalue weighted by atomic mass is 10.2. The number of nitrogens with one attached hydrogen (secondary N) is 1. The largest absolute Gasteiger partial charge is 0.314 e. The predicted octanol–water partition coefficient (Wildman–Crippen LogP) is 6.62. The summed E-state index contributed by atoms with van der Waals surface area (Å²) in [5, 5.41) is 6.44. The highest BCUT2D eigenvalue weighted by molar-refractivity contribution is 7.99. The smallest absolute Gasteiger partial charge is 0.169 e. The number of aromatic nitrogens is 2. The molecule has 1 aromatic heterocycles. The first-order valence-corrected chi connectivity index (χ1v) is 10.5.